The van der Waals surface area contributed by atoms with E-state index in [0.29, 0.717) is 19.3 Å². The molecule has 0 aliphatic heterocycles. The minimum Gasteiger partial charge on any atom is -0.550 e. The molecular formula is C24H37NaO6. The number of aliphatic hydroxyl groups excluding tert-OH is 2. The third-order valence-corrected chi connectivity index (χ3v) is 6.34. The van der Waals surface area contributed by atoms with Gasteiger partial charge in [0.1, 0.15) is 6.10 Å². The zero-order chi connectivity index (χ0) is 24.9. The number of aliphatic carboxylic acids is 1. The SMILES string of the molecule is [2H]C([2H])([2H])C(CC)C(=O)O[C@H]1C[C@@H](C)C=C2C=C[C@H](C)[C@H](CC[C@@H](O)C[C@@H](O)CC(=O)[O-])[C@H]21.[Na+]. The molecule has 0 aromatic heterocycles. The van der Waals surface area contributed by atoms with Crippen molar-refractivity contribution in [3.8, 4) is 0 Å². The number of aliphatic hydroxyl groups is 2. The minimum absolute atomic E-state index is 0. The average Bonchev–Trinajstić information content (AvgIpc) is 2.65. The summed E-state index contributed by atoms with van der Waals surface area (Å²) in [4.78, 5) is 23.4. The Morgan fingerprint density at radius 2 is 2.03 bits per heavy atom. The molecule has 2 aliphatic rings. The first-order chi connectivity index (χ1) is 15.3. The molecule has 2 rings (SSSR count). The van der Waals surface area contributed by atoms with Gasteiger partial charge in [0.25, 0.3) is 0 Å². The summed E-state index contributed by atoms with van der Waals surface area (Å²) in [5, 5.41) is 30.7. The second-order valence-electron chi connectivity index (χ2n) is 8.92. The van der Waals surface area contributed by atoms with E-state index in [1.807, 2.05) is 13.0 Å². The predicted molar refractivity (Wildman–Crippen MR) is 112 cm³/mol. The zero-order valence-electron chi connectivity index (χ0n) is 22.1. The van der Waals surface area contributed by atoms with E-state index in [-0.39, 0.29) is 66.1 Å². The summed E-state index contributed by atoms with van der Waals surface area (Å²) in [6.45, 7) is 3.34. The number of hydrogen-bond donors (Lipinski definition) is 2. The Balaban J connectivity index is 0.00000578. The molecule has 2 aliphatic carbocycles. The molecule has 0 spiro atoms. The van der Waals surface area contributed by atoms with Crippen molar-refractivity contribution in [1.29, 1.82) is 0 Å². The molecule has 0 amide bonds. The maximum atomic E-state index is 12.8. The van der Waals surface area contributed by atoms with Gasteiger partial charge in [0.15, 0.2) is 0 Å². The summed E-state index contributed by atoms with van der Waals surface area (Å²) >= 11 is 0. The molecule has 0 saturated heterocycles. The van der Waals surface area contributed by atoms with Crippen LogP contribution in [0.1, 0.15) is 70.3 Å². The maximum Gasteiger partial charge on any atom is 1.00 e. The van der Waals surface area contributed by atoms with Crippen molar-refractivity contribution in [1.82, 2.24) is 0 Å². The summed E-state index contributed by atoms with van der Waals surface area (Å²) in [6.07, 6.45) is 4.96. The first kappa shape index (κ1) is 23.5. The molecule has 8 atom stereocenters. The second-order valence-corrected chi connectivity index (χ2v) is 8.92. The van der Waals surface area contributed by atoms with Crippen LogP contribution in [0.3, 0.4) is 0 Å². The fourth-order valence-corrected chi connectivity index (χ4v) is 4.71. The van der Waals surface area contributed by atoms with Gasteiger partial charge < -0.3 is 24.9 Å². The van der Waals surface area contributed by atoms with E-state index in [1.54, 1.807) is 6.92 Å². The van der Waals surface area contributed by atoms with Crippen molar-refractivity contribution in [2.75, 3.05) is 0 Å². The molecule has 1 unspecified atom stereocenters. The number of carbonyl (C=O) groups excluding carboxylic acids is 2. The van der Waals surface area contributed by atoms with Gasteiger partial charge in [-0.25, -0.2) is 0 Å². The first-order valence-electron chi connectivity index (χ1n) is 12.5. The zero-order valence-corrected chi connectivity index (χ0v) is 21.1. The molecule has 0 heterocycles. The van der Waals surface area contributed by atoms with Gasteiger partial charge >= 0.3 is 35.5 Å². The molecule has 0 radical (unpaired) electrons. The summed E-state index contributed by atoms with van der Waals surface area (Å²) < 4.78 is 28.8. The van der Waals surface area contributed by atoms with E-state index in [9.17, 15) is 24.9 Å². The number of carbonyl (C=O) groups is 2. The van der Waals surface area contributed by atoms with Gasteiger partial charge in [0.05, 0.1) is 18.1 Å². The quantitative estimate of drug-likeness (QED) is 0.342. The summed E-state index contributed by atoms with van der Waals surface area (Å²) in [5.41, 5.74) is 1.06. The van der Waals surface area contributed by atoms with Gasteiger partial charge in [0.2, 0.25) is 0 Å². The van der Waals surface area contributed by atoms with Crippen LogP contribution in [0.2, 0.25) is 0 Å². The van der Waals surface area contributed by atoms with Crippen LogP contribution < -0.4 is 34.7 Å². The molecular weight excluding hydrogens is 407 g/mol. The van der Waals surface area contributed by atoms with Crippen molar-refractivity contribution in [3.63, 3.8) is 0 Å². The van der Waals surface area contributed by atoms with Gasteiger partial charge in [-0.3, -0.25) is 4.79 Å². The van der Waals surface area contributed by atoms with Crippen LogP contribution >= 0.6 is 0 Å². The summed E-state index contributed by atoms with van der Waals surface area (Å²) in [6, 6.07) is 0. The fourth-order valence-electron chi connectivity index (χ4n) is 4.71. The third kappa shape index (κ3) is 8.32. The Morgan fingerprint density at radius 1 is 1.32 bits per heavy atom. The van der Waals surface area contributed by atoms with Crippen molar-refractivity contribution >= 4 is 11.9 Å². The van der Waals surface area contributed by atoms with Gasteiger partial charge in [-0.1, -0.05) is 45.9 Å². The van der Waals surface area contributed by atoms with Crippen LogP contribution in [0.4, 0.5) is 0 Å². The number of allylic oxidation sites excluding steroid dienone is 3. The van der Waals surface area contributed by atoms with E-state index >= 15 is 0 Å². The molecule has 170 valence electrons. The molecule has 6 nitrogen and oxygen atoms in total. The first-order valence-corrected chi connectivity index (χ1v) is 11.0. The predicted octanol–water partition coefficient (Wildman–Crippen LogP) is -0.615. The number of carboxylic acid groups (broad SMARTS) is 1. The Bertz CT molecular complexity index is 753. The monoisotopic (exact) mass is 447 g/mol. The molecule has 2 N–H and O–H groups in total. The second kappa shape index (κ2) is 13.1. The largest absolute Gasteiger partial charge is 1.00 e. The Morgan fingerprint density at radius 3 is 2.65 bits per heavy atom. The molecule has 0 fully saturated rings. The fraction of sp³-hybridized carbons (Fsp3) is 0.750. The molecule has 31 heavy (non-hydrogen) atoms. The van der Waals surface area contributed by atoms with Crippen LogP contribution in [-0.2, 0) is 14.3 Å². The Labute approximate surface area is 212 Å². The molecule has 0 saturated carbocycles. The molecule has 7 heteroatoms. The molecule has 0 aromatic rings. The number of rotatable bonds is 10. The summed E-state index contributed by atoms with van der Waals surface area (Å²) in [5.74, 6) is -2.96. The Hall–Kier alpha value is -0.660. The van der Waals surface area contributed by atoms with Crippen molar-refractivity contribution in [3.05, 3.63) is 23.8 Å². The van der Waals surface area contributed by atoms with Crippen LogP contribution in [0.5, 0.6) is 0 Å². The standard InChI is InChI=1S/C24H38O6.Na/c1-5-15(3)24(29)30-21-11-14(2)10-17-7-6-16(4)20(23(17)21)9-8-18(25)12-19(26)13-22(27)28;/h6-7,10,14-16,18-21,23,25-26H,5,8-9,11-13H2,1-4H3,(H,27,28);/q;+1/p-1/t14-,15?,16-,18+,19+,20-,21-,23-;/m0./s1/i3D3;. The van der Waals surface area contributed by atoms with E-state index in [0.717, 1.165) is 5.57 Å². The third-order valence-electron chi connectivity index (χ3n) is 6.34. The Kier molecular flexibility index (Phi) is 9.96. The van der Waals surface area contributed by atoms with Gasteiger partial charge in [0, 0.05) is 22.4 Å². The minimum atomic E-state index is -2.42. The van der Waals surface area contributed by atoms with Crippen LogP contribution in [0.15, 0.2) is 23.8 Å². The van der Waals surface area contributed by atoms with Crippen LogP contribution in [-0.4, -0.2) is 40.5 Å². The average molecular weight is 448 g/mol. The summed E-state index contributed by atoms with van der Waals surface area (Å²) in [7, 11) is 0. The normalized spacial score (nSPS) is 32.1. The van der Waals surface area contributed by atoms with Crippen LogP contribution in [0, 0.1) is 29.6 Å². The maximum absolute atomic E-state index is 12.8. The smallest absolute Gasteiger partial charge is 0.550 e. The van der Waals surface area contributed by atoms with E-state index in [1.165, 1.54) is 0 Å². The van der Waals surface area contributed by atoms with Crippen LogP contribution in [0.25, 0.3) is 0 Å². The topological polar surface area (TPSA) is 107 Å². The van der Waals surface area contributed by atoms with E-state index < -0.39 is 49.4 Å². The molecule has 0 bridgehead atoms. The van der Waals surface area contributed by atoms with Gasteiger partial charge in [-0.2, -0.15) is 0 Å². The number of fused-ring (bicyclic) bond motifs is 1. The number of hydrogen-bond acceptors (Lipinski definition) is 6. The molecule has 0 aromatic carbocycles. The number of ether oxygens (including phenoxy) is 1. The van der Waals surface area contributed by atoms with Gasteiger partial charge in [-0.15, -0.1) is 0 Å². The van der Waals surface area contributed by atoms with Crippen molar-refractivity contribution in [2.45, 2.75) is 84.5 Å². The van der Waals surface area contributed by atoms with Crippen molar-refractivity contribution < 1.29 is 63.3 Å². The number of carboxylic acids is 1. The van der Waals surface area contributed by atoms with Crippen molar-refractivity contribution in [2.24, 2.45) is 29.6 Å². The van der Waals surface area contributed by atoms with Gasteiger partial charge in [-0.05, 0) is 55.4 Å². The van der Waals surface area contributed by atoms with E-state index in [2.05, 4.69) is 19.1 Å². The van der Waals surface area contributed by atoms with E-state index in [4.69, 9.17) is 8.85 Å². The number of esters is 1.